The summed E-state index contributed by atoms with van der Waals surface area (Å²) in [5.74, 6) is -0.398. The minimum absolute atomic E-state index is 0.0549. The first-order valence-corrected chi connectivity index (χ1v) is 15.2. The quantitative estimate of drug-likeness (QED) is 0.284. The predicted molar refractivity (Wildman–Crippen MR) is 163 cm³/mol. The van der Waals surface area contributed by atoms with Crippen LogP contribution in [0.25, 0.3) is 11.1 Å². The van der Waals surface area contributed by atoms with Crippen LogP contribution in [0.5, 0.6) is 0 Å². The van der Waals surface area contributed by atoms with Crippen LogP contribution < -0.4 is 15.5 Å². The second kappa shape index (κ2) is 11.8. The maximum atomic E-state index is 14.0. The SMILES string of the molecule is CC(=O)NC(CCCCB1OC(C)(C)C(C)(C)O1)(C(=O)NC(C)(C)C)C1CCN(c2nc3ccc(Cl)cc3o2)CC1. The van der Waals surface area contributed by atoms with Crippen molar-refractivity contribution in [1.82, 2.24) is 15.6 Å². The molecule has 3 heterocycles. The highest BCUT2D eigenvalue weighted by Crippen LogP contribution is 2.39. The number of oxazole rings is 1. The molecule has 0 spiro atoms. The van der Waals surface area contributed by atoms with Crippen LogP contribution in [0.2, 0.25) is 11.3 Å². The number of aromatic nitrogens is 1. The van der Waals surface area contributed by atoms with Crippen molar-refractivity contribution in [1.29, 1.82) is 0 Å². The Morgan fingerprint density at radius 1 is 1.07 bits per heavy atom. The van der Waals surface area contributed by atoms with Crippen molar-refractivity contribution in [2.45, 2.75) is 116 Å². The van der Waals surface area contributed by atoms with Gasteiger partial charge in [0.05, 0.1) is 11.2 Å². The molecule has 226 valence electrons. The fourth-order valence-corrected chi connectivity index (χ4v) is 6.04. The lowest BCUT2D eigenvalue weighted by Crippen LogP contribution is -2.66. The van der Waals surface area contributed by atoms with Gasteiger partial charge in [0.15, 0.2) is 5.58 Å². The zero-order valence-corrected chi connectivity index (χ0v) is 26.6. The van der Waals surface area contributed by atoms with Gasteiger partial charge in [-0.05, 0) is 92.1 Å². The Kier molecular flexibility index (Phi) is 9.08. The Hall–Kier alpha value is -2.30. The molecule has 2 aliphatic rings. The number of nitrogens with zero attached hydrogens (tertiary/aromatic N) is 2. The van der Waals surface area contributed by atoms with E-state index in [1.807, 2.05) is 54.5 Å². The van der Waals surface area contributed by atoms with E-state index in [2.05, 4.69) is 20.5 Å². The number of carbonyl (C=O) groups is 2. The normalized spacial score (nSPS) is 20.7. The summed E-state index contributed by atoms with van der Waals surface area (Å²) in [7, 11) is -0.284. The summed E-state index contributed by atoms with van der Waals surface area (Å²) in [5, 5.41) is 6.91. The molecule has 11 heteroatoms. The number of rotatable bonds is 9. The lowest BCUT2D eigenvalue weighted by molar-refractivity contribution is -0.137. The molecule has 2 aliphatic heterocycles. The molecular weight excluding hydrogens is 543 g/mol. The van der Waals surface area contributed by atoms with E-state index in [1.54, 1.807) is 12.1 Å². The van der Waals surface area contributed by atoms with E-state index in [0.717, 1.165) is 24.7 Å². The van der Waals surface area contributed by atoms with Crippen molar-refractivity contribution < 1.29 is 23.3 Å². The van der Waals surface area contributed by atoms with Gasteiger partial charge in [-0.1, -0.05) is 24.4 Å². The largest absolute Gasteiger partial charge is 0.457 e. The van der Waals surface area contributed by atoms with Gasteiger partial charge in [-0.2, -0.15) is 4.98 Å². The van der Waals surface area contributed by atoms with Gasteiger partial charge in [-0.3, -0.25) is 9.59 Å². The molecule has 0 saturated carbocycles. The van der Waals surface area contributed by atoms with E-state index in [9.17, 15) is 9.59 Å². The van der Waals surface area contributed by atoms with Crippen molar-refractivity contribution in [3.8, 4) is 0 Å². The first-order chi connectivity index (χ1) is 19.0. The smallest absolute Gasteiger partial charge is 0.423 e. The maximum Gasteiger partial charge on any atom is 0.457 e. The molecule has 0 bridgehead atoms. The fourth-order valence-electron chi connectivity index (χ4n) is 5.87. The van der Waals surface area contributed by atoms with Crippen LogP contribution in [0, 0.1) is 5.92 Å². The van der Waals surface area contributed by atoms with Gasteiger partial charge >= 0.3 is 7.12 Å². The zero-order valence-electron chi connectivity index (χ0n) is 25.9. The van der Waals surface area contributed by atoms with Crippen molar-refractivity contribution >= 4 is 47.6 Å². The third-order valence-electron chi connectivity index (χ3n) is 8.66. The summed E-state index contributed by atoms with van der Waals surface area (Å²) in [6.07, 6.45) is 4.21. The second-order valence-corrected chi connectivity index (χ2v) is 14.1. The summed E-state index contributed by atoms with van der Waals surface area (Å²) >= 11 is 6.13. The number of halogens is 1. The van der Waals surface area contributed by atoms with E-state index in [1.165, 1.54) is 6.92 Å². The lowest BCUT2D eigenvalue weighted by atomic mass is 9.72. The van der Waals surface area contributed by atoms with Gasteiger partial charge in [0.1, 0.15) is 11.1 Å². The average molecular weight is 589 g/mol. The predicted octanol–water partition coefficient (Wildman–Crippen LogP) is 5.75. The van der Waals surface area contributed by atoms with Crippen LogP contribution in [0.1, 0.15) is 87.5 Å². The fraction of sp³-hybridized carbons (Fsp3) is 0.700. The number of hydrogen-bond acceptors (Lipinski definition) is 7. The molecule has 4 rings (SSSR count). The van der Waals surface area contributed by atoms with Crippen molar-refractivity contribution in [2.75, 3.05) is 18.0 Å². The molecule has 2 saturated heterocycles. The van der Waals surface area contributed by atoms with Crippen LogP contribution in [0.3, 0.4) is 0 Å². The number of hydrogen-bond donors (Lipinski definition) is 2. The third kappa shape index (κ3) is 7.20. The molecule has 2 fully saturated rings. The third-order valence-corrected chi connectivity index (χ3v) is 8.89. The number of nitrogens with one attached hydrogen (secondary N) is 2. The standard InChI is InChI=1S/C30H46BClN4O5/c1-20(37)34-30(25(38)35-27(2,3)4,15-9-10-16-31-40-28(5,6)29(7,8)41-31)21-13-17-36(18-14-21)26-33-23-12-11-22(32)19-24(23)39-26/h11-12,19,21H,9-10,13-18H2,1-8H3,(H,34,37)(H,35,38). The first kappa shape index (κ1) is 31.6. The van der Waals surface area contributed by atoms with Crippen LogP contribution in [0.4, 0.5) is 6.01 Å². The molecule has 1 aromatic heterocycles. The number of anilines is 1. The Balaban J connectivity index is 1.48. The molecule has 41 heavy (non-hydrogen) atoms. The van der Waals surface area contributed by atoms with Crippen molar-refractivity contribution in [2.24, 2.45) is 5.92 Å². The molecule has 9 nitrogen and oxygen atoms in total. The van der Waals surface area contributed by atoms with Gasteiger partial charge < -0.3 is 29.3 Å². The highest BCUT2D eigenvalue weighted by molar-refractivity contribution is 6.45. The summed E-state index contributed by atoms with van der Waals surface area (Å²) in [6.45, 7) is 16.9. The summed E-state index contributed by atoms with van der Waals surface area (Å²) in [4.78, 5) is 33.3. The van der Waals surface area contributed by atoms with Crippen LogP contribution in [0.15, 0.2) is 22.6 Å². The molecule has 2 N–H and O–H groups in total. The summed E-state index contributed by atoms with van der Waals surface area (Å²) < 4.78 is 18.3. The van der Waals surface area contributed by atoms with Gasteiger partial charge in [-0.25, -0.2) is 0 Å². The monoisotopic (exact) mass is 588 g/mol. The molecule has 1 atom stereocenters. The van der Waals surface area contributed by atoms with Crippen LogP contribution in [-0.4, -0.2) is 59.3 Å². The van der Waals surface area contributed by atoms with Gasteiger partial charge in [-0.15, -0.1) is 0 Å². The molecule has 0 radical (unpaired) electrons. The average Bonchev–Trinajstić information content (AvgIpc) is 3.36. The minimum atomic E-state index is -1.03. The number of amides is 2. The molecule has 2 aromatic rings. The topological polar surface area (TPSA) is 106 Å². The highest BCUT2D eigenvalue weighted by Gasteiger charge is 2.51. The van der Waals surface area contributed by atoms with Crippen molar-refractivity contribution in [3.63, 3.8) is 0 Å². The molecular formula is C30H46BClN4O5. The van der Waals surface area contributed by atoms with E-state index >= 15 is 0 Å². The van der Waals surface area contributed by atoms with E-state index in [0.29, 0.717) is 49.0 Å². The number of unbranched alkanes of at least 4 members (excludes halogenated alkanes) is 1. The highest BCUT2D eigenvalue weighted by atomic mass is 35.5. The van der Waals surface area contributed by atoms with Gasteiger partial charge in [0, 0.05) is 36.6 Å². The molecule has 1 aromatic carbocycles. The van der Waals surface area contributed by atoms with Crippen LogP contribution in [-0.2, 0) is 18.9 Å². The Bertz CT molecular complexity index is 1240. The maximum absolute atomic E-state index is 14.0. The summed E-state index contributed by atoms with van der Waals surface area (Å²) in [5.41, 5.74) is -0.822. The lowest BCUT2D eigenvalue weighted by Gasteiger charge is -2.45. The number of fused-ring (bicyclic) bond motifs is 1. The number of piperidine rings is 1. The number of carbonyl (C=O) groups excluding carboxylic acids is 2. The number of benzene rings is 1. The van der Waals surface area contributed by atoms with E-state index < -0.39 is 11.1 Å². The zero-order chi connectivity index (χ0) is 30.2. The molecule has 0 aliphatic carbocycles. The Morgan fingerprint density at radius 3 is 2.29 bits per heavy atom. The van der Waals surface area contributed by atoms with E-state index in [4.69, 9.17) is 25.3 Å². The van der Waals surface area contributed by atoms with Crippen LogP contribution >= 0.6 is 11.6 Å². The Morgan fingerprint density at radius 2 is 1.71 bits per heavy atom. The van der Waals surface area contributed by atoms with Gasteiger partial charge in [0.2, 0.25) is 11.8 Å². The first-order valence-electron chi connectivity index (χ1n) is 14.8. The summed E-state index contributed by atoms with van der Waals surface area (Å²) in [6, 6.07) is 5.96. The van der Waals surface area contributed by atoms with E-state index in [-0.39, 0.29) is 36.1 Å². The molecule has 1 unspecified atom stereocenters. The Labute approximate surface area is 249 Å². The molecule has 2 amide bonds. The van der Waals surface area contributed by atoms with Crippen molar-refractivity contribution in [3.05, 3.63) is 23.2 Å². The minimum Gasteiger partial charge on any atom is -0.423 e. The second-order valence-electron chi connectivity index (χ2n) is 13.7. The van der Waals surface area contributed by atoms with Gasteiger partial charge in [0.25, 0.3) is 6.01 Å².